The number of aryl methyl sites for hydroxylation is 1. The Balaban J connectivity index is 1.40. The molecule has 0 radical (unpaired) electrons. The van der Waals surface area contributed by atoms with Crippen molar-refractivity contribution >= 4 is 45.8 Å². The normalized spacial score (nSPS) is 16.0. The molecule has 1 aliphatic rings. The summed E-state index contributed by atoms with van der Waals surface area (Å²) in [6, 6.07) is 21.1. The minimum atomic E-state index is -0.0288. The molecule has 1 saturated heterocycles. The lowest BCUT2D eigenvalue weighted by Crippen LogP contribution is -2.25. The minimum Gasteiger partial charge on any atom is -0.492 e. The molecule has 0 bridgehead atoms. The Morgan fingerprint density at radius 2 is 1.82 bits per heavy atom. The van der Waals surface area contributed by atoms with E-state index < -0.39 is 0 Å². The summed E-state index contributed by atoms with van der Waals surface area (Å²) in [6.45, 7) is 3.60. The highest BCUT2D eigenvalue weighted by Crippen LogP contribution is 2.36. The van der Waals surface area contributed by atoms with Crippen LogP contribution in [0.1, 0.15) is 23.7 Å². The van der Waals surface area contributed by atoms with Crippen molar-refractivity contribution in [3.05, 3.63) is 88.2 Å². The van der Waals surface area contributed by atoms with Gasteiger partial charge < -0.3 is 14.2 Å². The Bertz CT molecular complexity index is 1330. The van der Waals surface area contributed by atoms with Crippen LogP contribution in [-0.4, -0.2) is 28.6 Å². The largest absolute Gasteiger partial charge is 0.492 e. The molecule has 2 heterocycles. The van der Waals surface area contributed by atoms with Crippen LogP contribution in [0.2, 0.25) is 10.0 Å². The summed E-state index contributed by atoms with van der Waals surface area (Å²) in [6.07, 6.45) is 0.395. The molecule has 5 nitrogen and oxygen atoms in total. The molecule has 0 saturated carbocycles. The quantitative estimate of drug-likeness (QED) is 0.328. The summed E-state index contributed by atoms with van der Waals surface area (Å²) in [5, 5.41) is 1.30. The van der Waals surface area contributed by atoms with Gasteiger partial charge in [0.05, 0.1) is 28.3 Å². The van der Waals surface area contributed by atoms with Crippen LogP contribution >= 0.6 is 23.2 Å². The van der Waals surface area contributed by atoms with E-state index in [4.69, 9.17) is 32.9 Å². The summed E-state index contributed by atoms with van der Waals surface area (Å²) in [5.41, 5.74) is 3.67. The van der Waals surface area contributed by atoms with Gasteiger partial charge in [0.2, 0.25) is 5.91 Å². The van der Waals surface area contributed by atoms with Gasteiger partial charge in [0.15, 0.2) is 0 Å². The fourth-order valence-electron chi connectivity index (χ4n) is 4.39. The topological polar surface area (TPSA) is 47.4 Å². The van der Waals surface area contributed by atoms with Crippen LogP contribution in [0.15, 0.2) is 66.7 Å². The average molecular weight is 480 g/mol. The summed E-state index contributed by atoms with van der Waals surface area (Å²) in [7, 11) is 0. The van der Waals surface area contributed by atoms with Crippen molar-refractivity contribution in [1.82, 2.24) is 9.55 Å². The molecule has 5 rings (SSSR count). The molecular weight excluding hydrogens is 457 g/mol. The Hall–Kier alpha value is -3.02. The molecule has 1 aromatic heterocycles. The van der Waals surface area contributed by atoms with E-state index in [1.807, 2.05) is 67.6 Å². The summed E-state index contributed by atoms with van der Waals surface area (Å²) >= 11 is 12.5. The van der Waals surface area contributed by atoms with E-state index in [1.165, 1.54) is 0 Å². The maximum absolute atomic E-state index is 12.9. The lowest BCUT2D eigenvalue weighted by Gasteiger charge is -2.18. The minimum absolute atomic E-state index is 0.0288. The van der Waals surface area contributed by atoms with Gasteiger partial charge in [-0.2, -0.15) is 0 Å². The number of nitrogens with zero attached hydrogens (tertiary/aromatic N) is 3. The first-order valence-corrected chi connectivity index (χ1v) is 11.7. The zero-order valence-corrected chi connectivity index (χ0v) is 19.7. The van der Waals surface area contributed by atoms with Gasteiger partial charge >= 0.3 is 0 Å². The van der Waals surface area contributed by atoms with Crippen LogP contribution in [0.4, 0.5) is 5.69 Å². The molecule has 0 aliphatic carbocycles. The highest BCUT2D eigenvalue weighted by Gasteiger charge is 2.35. The van der Waals surface area contributed by atoms with E-state index in [2.05, 4.69) is 10.6 Å². The van der Waals surface area contributed by atoms with Gasteiger partial charge in [0.1, 0.15) is 18.2 Å². The fraction of sp³-hybridized carbons (Fsp3) is 0.231. The predicted molar refractivity (Wildman–Crippen MR) is 133 cm³/mol. The molecule has 0 N–H and O–H groups in total. The van der Waals surface area contributed by atoms with Crippen molar-refractivity contribution in [2.24, 2.45) is 0 Å². The maximum Gasteiger partial charge on any atom is 0.227 e. The standard InChI is InChI=1S/C26H23Cl2N3O2/c1-17-14-19(10-11-20(17)27)33-13-12-30-24-9-5-3-7-22(24)29-26(30)18-15-25(32)31(16-18)23-8-4-2-6-21(23)28/h2-11,14,18H,12-13,15-16H2,1H3. The number of amides is 1. The van der Waals surface area contributed by atoms with E-state index in [0.717, 1.165) is 38.9 Å². The van der Waals surface area contributed by atoms with Gasteiger partial charge in [-0.05, 0) is 55.0 Å². The number of anilines is 1. The van der Waals surface area contributed by atoms with Gasteiger partial charge in [0, 0.05) is 23.9 Å². The van der Waals surface area contributed by atoms with Crippen molar-refractivity contribution in [3.8, 4) is 5.75 Å². The van der Waals surface area contributed by atoms with Crippen molar-refractivity contribution in [2.75, 3.05) is 18.1 Å². The monoisotopic (exact) mass is 479 g/mol. The maximum atomic E-state index is 12.9. The summed E-state index contributed by atoms with van der Waals surface area (Å²) < 4.78 is 8.18. The zero-order chi connectivity index (χ0) is 22.9. The molecular formula is C26H23Cl2N3O2. The Morgan fingerprint density at radius 3 is 2.64 bits per heavy atom. The summed E-state index contributed by atoms with van der Waals surface area (Å²) in [5.74, 6) is 1.71. The Morgan fingerprint density at radius 1 is 1.03 bits per heavy atom. The lowest BCUT2D eigenvalue weighted by atomic mass is 10.1. The van der Waals surface area contributed by atoms with Gasteiger partial charge in [-0.25, -0.2) is 4.98 Å². The van der Waals surface area contributed by atoms with E-state index in [0.29, 0.717) is 31.1 Å². The summed E-state index contributed by atoms with van der Waals surface area (Å²) in [4.78, 5) is 19.6. The van der Waals surface area contributed by atoms with Crippen LogP contribution in [-0.2, 0) is 11.3 Å². The second-order valence-electron chi connectivity index (χ2n) is 8.23. The van der Waals surface area contributed by atoms with Crippen LogP contribution in [0.5, 0.6) is 5.75 Å². The molecule has 1 unspecified atom stereocenters. The van der Waals surface area contributed by atoms with Crippen molar-refractivity contribution < 1.29 is 9.53 Å². The number of aromatic nitrogens is 2. The van der Waals surface area contributed by atoms with Gasteiger partial charge in [0.25, 0.3) is 0 Å². The smallest absolute Gasteiger partial charge is 0.227 e. The van der Waals surface area contributed by atoms with Crippen LogP contribution in [0.3, 0.4) is 0 Å². The number of rotatable bonds is 6. The third-order valence-electron chi connectivity index (χ3n) is 6.03. The number of hydrogen-bond acceptors (Lipinski definition) is 3. The lowest BCUT2D eigenvalue weighted by molar-refractivity contribution is -0.117. The number of fused-ring (bicyclic) bond motifs is 1. The number of hydrogen-bond donors (Lipinski definition) is 0. The first-order chi connectivity index (χ1) is 16.0. The van der Waals surface area contributed by atoms with Crippen molar-refractivity contribution in [3.63, 3.8) is 0 Å². The molecule has 1 aliphatic heterocycles. The Kier molecular flexibility index (Phi) is 6.00. The predicted octanol–water partition coefficient (Wildman–Crippen LogP) is 6.25. The highest BCUT2D eigenvalue weighted by molar-refractivity contribution is 6.33. The number of carbonyl (C=O) groups is 1. The molecule has 4 aromatic rings. The Labute approximate surface area is 202 Å². The van der Waals surface area contributed by atoms with Gasteiger partial charge in [-0.3, -0.25) is 4.79 Å². The number of carbonyl (C=O) groups excluding carboxylic acids is 1. The zero-order valence-electron chi connectivity index (χ0n) is 18.2. The number of benzene rings is 3. The number of para-hydroxylation sites is 3. The molecule has 168 valence electrons. The number of ether oxygens (including phenoxy) is 1. The highest BCUT2D eigenvalue weighted by atomic mass is 35.5. The first kappa shape index (κ1) is 21.8. The van der Waals surface area contributed by atoms with Crippen molar-refractivity contribution in [1.29, 1.82) is 0 Å². The second kappa shape index (κ2) is 9.08. The average Bonchev–Trinajstić information content (AvgIpc) is 3.37. The number of halogens is 2. The molecule has 33 heavy (non-hydrogen) atoms. The van der Waals surface area contributed by atoms with Crippen LogP contribution in [0, 0.1) is 6.92 Å². The van der Waals surface area contributed by atoms with E-state index in [1.54, 1.807) is 4.90 Å². The number of imidazole rings is 1. The fourth-order valence-corrected chi connectivity index (χ4v) is 4.74. The molecule has 1 fully saturated rings. The third-order valence-corrected chi connectivity index (χ3v) is 6.77. The van der Waals surface area contributed by atoms with Crippen LogP contribution in [0.25, 0.3) is 11.0 Å². The van der Waals surface area contributed by atoms with E-state index in [9.17, 15) is 4.79 Å². The molecule has 0 spiro atoms. The van der Waals surface area contributed by atoms with E-state index >= 15 is 0 Å². The van der Waals surface area contributed by atoms with Gasteiger partial charge in [-0.15, -0.1) is 0 Å². The van der Waals surface area contributed by atoms with Crippen LogP contribution < -0.4 is 9.64 Å². The SMILES string of the molecule is Cc1cc(OCCn2c(C3CC(=O)N(c4ccccc4Cl)C3)nc3ccccc32)ccc1Cl. The van der Waals surface area contributed by atoms with Crippen molar-refractivity contribution in [2.45, 2.75) is 25.8 Å². The molecule has 1 atom stereocenters. The van der Waals surface area contributed by atoms with Gasteiger partial charge in [-0.1, -0.05) is 47.5 Å². The third kappa shape index (κ3) is 4.31. The molecule has 7 heteroatoms. The first-order valence-electron chi connectivity index (χ1n) is 10.9. The molecule has 1 amide bonds. The van der Waals surface area contributed by atoms with E-state index in [-0.39, 0.29) is 11.8 Å². The molecule has 3 aromatic carbocycles. The second-order valence-corrected chi connectivity index (χ2v) is 9.04.